The van der Waals surface area contributed by atoms with Crippen LogP contribution in [-0.4, -0.2) is 51.6 Å². The molecule has 0 bridgehead atoms. The van der Waals surface area contributed by atoms with Crippen LogP contribution < -0.4 is 0 Å². The van der Waals surface area contributed by atoms with Crippen LogP contribution in [-0.2, 0) is 24.3 Å². The second kappa shape index (κ2) is 6.08. The van der Waals surface area contributed by atoms with E-state index in [1.165, 1.54) is 20.1 Å². The van der Waals surface area contributed by atoms with Crippen LogP contribution in [0.15, 0.2) is 23.1 Å². The average molecular weight is 317 g/mol. The lowest BCUT2D eigenvalue weighted by molar-refractivity contribution is -0.157. The van der Waals surface area contributed by atoms with Crippen molar-refractivity contribution in [3.8, 4) is 0 Å². The van der Waals surface area contributed by atoms with Crippen LogP contribution >= 0.6 is 0 Å². The summed E-state index contributed by atoms with van der Waals surface area (Å²) in [7, 11) is -2.59. The standard InChI is InChI=1S/C13H16FNO5S/c1-9-7-10(14)3-4-12(9)21(17,18)15-5-6-20-11(8-15)13(16)19-2/h3-4,7,11H,5-6,8H2,1-2H3. The third kappa shape index (κ3) is 3.22. The summed E-state index contributed by atoms with van der Waals surface area (Å²) in [5.74, 6) is -1.12. The Kier molecular flexibility index (Phi) is 4.60. The summed E-state index contributed by atoms with van der Waals surface area (Å²) < 4.78 is 49.2. The highest BCUT2D eigenvalue weighted by molar-refractivity contribution is 7.89. The summed E-state index contributed by atoms with van der Waals surface area (Å²) in [6.07, 6.45) is -0.945. The molecule has 1 heterocycles. The van der Waals surface area contributed by atoms with Crippen molar-refractivity contribution in [2.24, 2.45) is 0 Å². The molecule has 0 N–H and O–H groups in total. The molecule has 1 saturated heterocycles. The van der Waals surface area contributed by atoms with E-state index in [9.17, 15) is 17.6 Å². The third-order valence-electron chi connectivity index (χ3n) is 3.25. The SMILES string of the molecule is COC(=O)C1CN(S(=O)(=O)c2ccc(F)cc2C)CCO1. The number of methoxy groups -OCH3 is 1. The molecule has 2 rings (SSSR count). The minimum absolute atomic E-state index is 0.0226. The summed E-state index contributed by atoms with van der Waals surface area (Å²) in [6, 6.07) is 3.48. The molecule has 8 heteroatoms. The lowest BCUT2D eigenvalue weighted by Gasteiger charge is -2.31. The van der Waals surface area contributed by atoms with Crippen LogP contribution in [0.2, 0.25) is 0 Å². The molecule has 0 aliphatic carbocycles. The van der Waals surface area contributed by atoms with Crippen molar-refractivity contribution < 1.29 is 27.1 Å². The van der Waals surface area contributed by atoms with E-state index in [0.717, 1.165) is 16.4 Å². The maximum absolute atomic E-state index is 13.1. The van der Waals surface area contributed by atoms with Gasteiger partial charge < -0.3 is 9.47 Å². The van der Waals surface area contributed by atoms with Gasteiger partial charge in [-0.2, -0.15) is 4.31 Å². The molecule has 21 heavy (non-hydrogen) atoms. The number of nitrogens with zero attached hydrogens (tertiary/aromatic N) is 1. The van der Waals surface area contributed by atoms with E-state index in [2.05, 4.69) is 4.74 Å². The zero-order valence-corrected chi connectivity index (χ0v) is 12.5. The molecule has 0 aromatic heterocycles. The number of esters is 1. The quantitative estimate of drug-likeness (QED) is 0.767. The van der Waals surface area contributed by atoms with Gasteiger partial charge in [0.1, 0.15) is 5.82 Å². The molecule has 1 unspecified atom stereocenters. The Morgan fingerprint density at radius 3 is 2.81 bits per heavy atom. The smallest absolute Gasteiger partial charge is 0.336 e. The highest BCUT2D eigenvalue weighted by Crippen LogP contribution is 2.22. The number of morpholine rings is 1. The van der Waals surface area contributed by atoms with Crippen molar-refractivity contribution in [3.63, 3.8) is 0 Å². The second-order valence-corrected chi connectivity index (χ2v) is 6.56. The number of ether oxygens (including phenoxy) is 2. The van der Waals surface area contributed by atoms with Gasteiger partial charge in [0.05, 0.1) is 25.2 Å². The number of sulfonamides is 1. The summed E-state index contributed by atoms with van der Waals surface area (Å²) in [5, 5.41) is 0. The van der Waals surface area contributed by atoms with E-state index in [0.29, 0.717) is 5.56 Å². The Morgan fingerprint density at radius 1 is 1.48 bits per heavy atom. The number of benzene rings is 1. The number of carbonyl (C=O) groups excluding carboxylic acids is 1. The monoisotopic (exact) mass is 317 g/mol. The highest BCUT2D eigenvalue weighted by atomic mass is 32.2. The predicted molar refractivity (Wildman–Crippen MR) is 71.7 cm³/mol. The van der Waals surface area contributed by atoms with Gasteiger partial charge in [0.25, 0.3) is 0 Å². The first-order valence-electron chi connectivity index (χ1n) is 6.32. The normalized spacial score (nSPS) is 20.2. The van der Waals surface area contributed by atoms with Gasteiger partial charge in [0.2, 0.25) is 10.0 Å². The lowest BCUT2D eigenvalue weighted by atomic mass is 10.2. The van der Waals surface area contributed by atoms with E-state index >= 15 is 0 Å². The van der Waals surface area contributed by atoms with E-state index < -0.39 is 27.9 Å². The molecule has 0 spiro atoms. The zero-order chi connectivity index (χ0) is 15.6. The summed E-state index contributed by atoms with van der Waals surface area (Å²) >= 11 is 0. The summed E-state index contributed by atoms with van der Waals surface area (Å²) in [6.45, 7) is 1.63. The number of hydrogen-bond donors (Lipinski definition) is 0. The van der Waals surface area contributed by atoms with Gasteiger partial charge in [-0.1, -0.05) is 0 Å². The van der Waals surface area contributed by atoms with Crippen molar-refractivity contribution in [1.82, 2.24) is 4.31 Å². The van der Waals surface area contributed by atoms with Crippen molar-refractivity contribution in [1.29, 1.82) is 0 Å². The number of halogens is 1. The van der Waals surface area contributed by atoms with Crippen LogP contribution in [0.4, 0.5) is 4.39 Å². The highest BCUT2D eigenvalue weighted by Gasteiger charge is 2.35. The van der Waals surface area contributed by atoms with E-state index in [1.54, 1.807) is 0 Å². The largest absolute Gasteiger partial charge is 0.467 e. The molecule has 116 valence electrons. The maximum atomic E-state index is 13.1. The number of carbonyl (C=O) groups is 1. The molecule has 1 aliphatic heterocycles. The molecule has 1 fully saturated rings. The number of rotatable bonds is 3. The molecule has 1 atom stereocenters. The lowest BCUT2D eigenvalue weighted by Crippen LogP contribution is -2.48. The Hall–Kier alpha value is -1.51. The van der Waals surface area contributed by atoms with Crippen molar-refractivity contribution in [3.05, 3.63) is 29.6 Å². The van der Waals surface area contributed by atoms with Crippen molar-refractivity contribution in [2.45, 2.75) is 17.9 Å². The Labute approximate surface area is 122 Å². The summed E-state index contributed by atoms with van der Waals surface area (Å²) in [4.78, 5) is 11.5. The fraction of sp³-hybridized carbons (Fsp3) is 0.462. The van der Waals surface area contributed by atoms with Gasteiger partial charge in [-0.25, -0.2) is 17.6 Å². The molecule has 1 aromatic carbocycles. The molecular formula is C13H16FNO5S. The third-order valence-corrected chi connectivity index (χ3v) is 5.27. The second-order valence-electron chi connectivity index (χ2n) is 4.66. The Bertz CT molecular complexity index is 646. The van der Waals surface area contributed by atoms with Gasteiger partial charge in [-0.15, -0.1) is 0 Å². The van der Waals surface area contributed by atoms with Gasteiger partial charge in [0, 0.05) is 6.54 Å². The first-order chi connectivity index (χ1) is 9.86. The first kappa shape index (κ1) is 15.9. The molecule has 0 radical (unpaired) electrons. The molecule has 1 aromatic rings. The fourth-order valence-electron chi connectivity index (χ4n) is 2.16. The Balaban J connectivity index is 2.28. The van der Waals surface area contributed by atoms with Crippen LogP contribution in [0.5, 0.6) is 0 Å². The van der Waals surface area contributed by atoms with Crippen LogP contribution in [0.3, 0.4) is 0 Å². The van der Waals surface area contributed by atoms with Crippen molar-refractivity contribution >= 4 is 16.0 Å². The topological polar surface area (TPSA) is 72.9 Å². The van der Waals surface area contributed by atoms with Crippen LogP contribution in [0.1, 0.15) is 5.56 Å². The molecule has 1 aliphatic rings. The average Bonchev–Trinajstić information content (AvgIpc) is 2.46. The Morgan fingerprint density at radius 2 is 2.19 bits per heavy atom. The van der Waals surface area contributed by atoms with E-state index in [4.69, 9.17) is 4.74 Å². The fourth-order valence-corrected chi connectivity index (χ4v) is 3.79. The van der Waals surface area contributed by atoms with E-state index in [-0.39, 0.29) is 24.6 Å². The van der Waals surface area contributed by atoms with Gasteiger partial charge >= 0.3 is 5.97 Å². The van der Waals surface area contributed by atoms with E-state index in [1.807, 2.05) is 0 Å². The zero-order valence-electron chi connectivity index (χ0n) is 11.7. The van der Waals surface area contributed by atoms with Gasteiger partial charge in [-0.05, 0) is 30.7 Å². The van der Waals surface area contributed by atoms with Crippen LogP contribution in [0.25, 0.3) is 0 Å². The van der Waals surface area contributed by atoms with Crippen molar-refractivity contribution in [2.75, 3.05) is 26.8 Å². The van der Waals surface area contributed by atoms with Crippen LogP contribution in [0, 0.1) is 12.7 Å². The summed E-state index contributed by atoms with van der Waals surface area (Å²) in [5.41, 5.74) is 0.316. The first-order valence-corrected chi connectivity index (χ1v) is 7.76. The number of hydrogen-bond acceptors (Lipinski definition) is 5. The minimum atomic E-state index is -3.81. The molecule has 6 nitrogen and oxygen atoms in total. The predicted octanol–water partition coefficient (Wildman–Crippen LogP) is 0.697. The number of aryl methyl sites for hydroxylation is 1. The van der Waals surface area contributed by atoms with Gasteiger partial charge in [-0.3, -0.25) is 0 Å². The maximum Gasteiger partial charge on any atom is 0.336 e. The molecule has 0 saturated carbocycles. The molecular weight excluding hydrogens is 301 g/mol. The molecule has 0 amide bonds. The minimum Gasteiger partial charge on any atom is -0.467 e. The van der Waals surface area contributed by atoms with Gasteiger partial charge in [0.15, 0.2) is 6.10 Å².